The second kappa shape index (κ2) is 18.7. The highest BCUT2D eigenvalue weighted by Crippen LogP contribution is 2.05. The van der Waals surface area contributed by atoms with Crippen molar-refractivity contribution in [2.75, 3.05) is 19.7 Å². The molecule has 0 aromatic carbocycles. The fourth-order valence-corrected chi connectivity index (χ4v) is 0.889. The molecule has 3 N–H and O–H groups in total. The minimum Gasteiger partial charge on any atom is -0.396 e. The van der Waals surface area contributed by atoms with Crippen LogP contribution < -0.4 is 5.32 Å². The molecule has 0 rings (SSSR count). The summed E-state index contributed by atoms with van der Waals surface area (Å²) in [6.07, 6.45) is 16.3. The van der Waals surface area contributed by atoms with Crippen LogP contribution in [-0.2, 0) is 0 Å². The molecular formula is C12H23NO2. The van der Waals surface area contributed by atoms with Crippen molar-refractivity contribution in [3.63, 3.8) is 0 Å². The molecule has 2 atom stereocenters. The molecule has 0 amide bonds. The predicted octanol–water partition coefficient (Wildman–Crippen LogP) is 0.474. The fraction of sp³-hybridized carbons (Fsp3) is 0.667. The Kier molecular flexibility index (Phi) is 24.4. The van der Waals surface area contributed by atoms with Gasteiger partial charge in [-0.1, -0.05) is 13.8 Å². The van der Waals surface area contributed by atoms with Crippen LogP contribution in [-0.4, -0.2) is 36.0 Å². The monoisotopic (exact) mass is 213 g/mol. The minimum atomic E-state index is -0.331. The van der Waals surface area contributed by atoms with Gasteiger partial charge in [0.2, 0.25) is 0 Å². The SMILES string of the molecule is C#C.C#C.CCNC[C@@H](O)[C@H](C)CCO. The molecule has 3 nitrogen and oxygen atoms in total. The van der Waals surface area contributed by atoms with E-state index in [4.69, 9.17) is 5.11 Å². The van der Waals surface area contributed by atoms with E-state index in [1.165, 1.54) is 0 Å². The molecule has 0 heterocycles. The zero-order chi connectivity index (χ0) is 12.7. The molecule has 0 aliphatic rings. The van der Waals surface area contributed by atoms with Crippen LogP contribution in [0.4, 0.5) is 0 Å². The van der Waals surface area contributed by atoms with Crippen molar-refractivity contribution in [2.45, 2.75) is 26.4 Å². The van der Waals surface area contributed by atoms with Crippen molar-refractivity contribution < 1.29 is 10.2 Å². The van der Waals surface area contributed by atoms with Crippen molar-refractivity contribution >= 4 is 0 Å². The first-order chi connectivity index (χ1) is 7.22. The Hall–Kier alpha value is -1.00. The normalized spacial score (nSPS) is 12.3. The van der Waals surface area contributed by atoms with Gasteiger partial charge in [0.1, 0.15) is 0 Å². The Morgan fingerprint density at radius 1 is 1.20 bits per heavy atom. The second-order valence-corrected chi connectivity index (χ2v) is 2.86. The summed E-state index contributed by atoms with van der Waals surface area (Å²) in [4.78, 5) is 0. The number of rotatable bonds is 6. The Bertz CT molecular complexity index is 137. The second-order valence-electron chi connectivity index (χ2n) is 2.86. The maximum Gasteiger partial charge on any atom is 0.0690 e. The summed E-state index contributed by atoms with van der Waals surface area (Å²) in [6.45, 7) is 5.60. The van der Waals surface area contributed by atoms with Gasteiger partial charge in [0.05, 0.1) is 6.10 Å². The molecule has 0 unspecified atom stereocenters. The van der Waals surface area contributed by atoms with Gasteiger partial charge in [-0.3, -0.25) is 0 Å². The summed E-state index contributed by atoms with van der Waals surface area (Å²) in [5, 5.41) is 21.0. The number of aliphatic hydroxyl groups is 2. The van der Waals surface area contributed by atoms with E-state index in [-0.39, 0.29) is 18.6 Å². The van der Waals surface area contributed by atoms with Crippen molar-refractivity contribution in [1.82, 2.24) is 5.32 Å². The molecule has 0 aromatic heterocycles. The van der Waals surface area contributed by atoms with E-state index >= 15 is 0 Å². The van der Waals surface area contributed by atoms with Crippen LogP contribution in [0.2, 0.25) is 0 Å². The minimum absolute atomic E-state index is 0.157. The summed E-state index contributed by atoms with van der Waals surface area (Å²) in [5.74, 6) is 0.180. The summed E-state index contributed by atoms with van der Waals surface area (Å²) < 4.78 is 0. The van der Waals surface area contributed by atoms with Crippen LogP contribution in [0.25, 0.3) is 0 Å². The molecule has 0 aliphatic heterocycles. The average molecular weight is 213 g/mol. The van der Waals surface area contributed by atoms with Gasteiger partial charge in [0.15, 0.2) is 0 Å². The largest absolute Gasteiger partial charge is 0.396 e. The van der Waals surface area contributed by atoms with Gasteiger partial charge in [-0.05, 0) is 18.9 Å². The first-order valence-corrected chi connectivity index (χ1v) is 4.88. The van der Waals surface area contributed by atoms with E-state index in [9.17, 15) is 5.11 Å². The molecule has 0 fully saturated rings. The van der Waals surface area contributed by atoms with Crippen LogP contribution >= 0.6 is 0 Å². The maximum atomic E-state index is 9.41. The number of hydrogen-bond donors (Lipinski definition) is 3. The van der Waals surface area contributed by atoms with Crippen LogP contribution in [0.3, 0.4) is 0 Å². The molecule has 0 spiro atoms. The summed E-state index contributed by atoms with van der Waals surface area (Å²) in [7, 11) is 0. The Labute approximate surface area is 93.9 Å². The van der Waals surface area contributed by atoms with E-state index in [0.717, 1.165) is 6.54 Å². The molecule has 0 saturated heterocycles. The van der Waals surface area contributed by atoms with Gasteiger partial charge in [0.25, 0.3) is 0 Å². The van der Waals surface area contributed by atoms with Gasteiger partial charge in [-0.2, -0.15) is 0 Å². The quantitative estimate of drug-likeness (QED) is 0.562. The fourth-order valence-electron chi connectivity index (χ4n) is 0.889. The third kappa shape index (κ3) is 15.7. The number of hydrogen-bond acceptors (Lipinski definition) is 3. The molecule has 15 heavy (non-hydrogen) atoms. The zero-order valence-corrected chi connectivity index (χ0v) is 9.69. The van der Waals surface area contributed by atoms with Gasteiger partial charge in [-0.25, -0.2) is 0 Å². The van der Waals surface area contributed by atoms with Gasteiger partial charge >= 0.3 is 0 Å². The highest BCUT2D eigenvalue weighted by Gasteiger charge is 2.11. The highest BCUT2D eigenvalue weighted by molar-refractivity contribution is 4.66. The molecule has 0 saturated carbocycles. The Morgan fingerprint density at radius 3 is 2.00 bits per heavy atom. The maximum absolute atomic E-state index is 9.41. The molecule has 0 radical (unpaired) electrons. The van der Waals surface area contributed by atoms with E-state index < -0.39 is 0 Å². The van der Waals surface area contributed by atoms with E-state index in [1.54, 1.807) is 0 Å². The van der Waals surface area contributed by atoms with Gasteiger partial charge < -0.3 is 15.5 Å². The van der Waals surface area contributed by atoms with Crippen molar-refractivity contribution in [2.24, 2.45) is 5.92 Å². The van der Waals surface area contributed by atoms with Crippen molar-refractivity contribution in [3.05, 3.63) is 0 Å². The van der Waals surface area contributed by atoms with Crippen molar-refractivity contribution in [1.29, 1.82) is 0 Å². The lowest BCUT2D eigenvalue weighted by molar-refractivity contribution is 0.0982. The molecular weight excluding hydrogens is 190 g/mol. The molecule has 0 aromatic rings. The van der Waals surface area contributed by atoms with Crippen LogP contribution in [0, 0.1) is 31.6 Å². The average Bonchev–Trinajstić information content (AvgIpc) is 2.31. The van der Waals surface area contributed by atoms with Crippen LogP contribution in [0.5, 0.6) is 0 Å². The predicted molar refractivity (Wildman–Crippen MR) is 65.2 cm³/mol. The summed E-state index contributed by atoms with van der Waals surface area (Å²) in [5.41, 5.74) is 0. The Balaban J connectivity index is -0.000000318. The van der Waals surface area contributed by atoms with E-state index in [0.29, 0.717) is 13.0 Å². The lowest BCUT2D eigenvalue weighted by Crippen LogP contribution is -2.31. The Morgan fingerprint density at radius 2 is 1.67 bits per heavy atom. The number of aliphatic hydroxyl groups excluding tert-OH is 2. The van der Waals surface area contributed by atoms with Gasteiger partial charge in [0, 0.05) is 13.2 Å². The third-order valence-electron chi connectivity index (χ3n) is 1.84. The zero-order valence-electron chi connectivity index (χ0n) is 9.69. The van der Waals surface area contributed by atoms with E-state index in [1.807, 2.05) is 13.8 Å². The summed E-state index contributed by atoms with van der Waals surface area (Å²) in [6, 6.07) is 0. The van der Waals surface area contributed by atoms with Crippen molar-refractivity contribution in [3.8, 4) is 25.7 Å². The standard InChI is InChI=1S/C8H19NO2.2C2H2/c1-3-9-6-8(11)7(2)4-5-10;2*1-2/h7-11H,3-6H2,1-2H3;2*1-2H/t7-,8-;;/m1../s1. The first kappa shape index (κ1) is 19.6. The van der Waals surface area contributed by atoms with Gasteiger partial charge in [-0.15, -0.1) is 25.7 Å². The topological polar surface area (TPSA) is 52.5 Å². The van der Waals surface area contributed by atoms with E-state index in [2.05, 4.69) is 31.0 Å². The highest BCUT2D eigenvalue weighted by atomic mass is 16.3. The lowest BCUT2D eigenvalue weighted by atomic mass is 10.0. The molecule has 88 valence electrons. The summed E-state index contributed by atoms with van der Waals surface area (Å²) >= 11 is 0. The van der Waals surface area contributed by atoms with Crippen LogP contribution in [0.15, 0.2) is 0 Å². The van der Waals surface area contributed by atoms with Crippen LogP contribution in [0.1, 0.15) is 20.3 Å². The number of nitrogens with one attached hydrogen (secondary N) is 1. The third-order valence-corrected chi connectivity index (χ3v) is 1.84. The molecule has 0 bridgehead atoms. The first-order valence-electron chi connectivity index (χ1n) is 4.88. The molecule has 3 heteroatoms. The lowest BCUT2D eigenvalue weighted by Gasteiger charge is -2.17. The molecule has 0 aliphatic carbocycles. The smallest absolute Gasteiger partial charge is 0.0690 e. The number of terminal acetylenes is 2. The number of likely N-dealkylation sites (N-methyl/N-ethyl adjacent to an activating group) is 1.